The second-order valence-corrected chi connectivity index (χ2v) is 8.08. The highest BCUT2D eigenvalue weighted by Crippen LogP contribution is 2.39. The normalized spacial score (nSPS) is 19.2. The molecule has 2 aliphatic rings. The van der Waals surface area contributed by atoms with Crippen LogP contribution >= 0.6 is 11.6 Å². The molecule has 0 amide bonds. The van der Waals surface area contributed by atoms with Gasteiger partial charge in [0.15, 0.2) is 0 Å². The molecule has 0 bridgehead atoms. The third kappa shape index (κ3) is 3.08. The van der Waals surface area contributed by atoms with Crippen molar-refractivity contribution >= 4 is 21.6 Å². The molecule has 0 atom stereocenters. The number of aliphatic hydroxyl groups is 1. The van der Waals surface area contributed by atoms with Crippen molar-refractivity contribution in [3.8, 4) is 0 Å². The molecule has 0 unspecified atom stereocenters. The second kappa shape index (κ2) is 5.50. The highest BCUT2D eigenvalue weighted by molar-refractivity contribution is 7.89. The summed E-state index contributed by atoms with van der Waals surface area (Å²) in [7, 11) is -3.92. The summed E-state index contributed by atoms with van der Waals surface area (Å²) in [6, 6.07) is 2.36. The zero-order chi connectivity index (χ0) is 15.2. The van der Waals surface area contributed by atoms with Crippen molar-refractivity contribution in [3.63, 3.8) is 0 Å². The van der Waals surface area contributed by atoms with Crippen molar-refractivity contribution in [3.05, 3.63) is 28.5 Å². The monoisotopic (exact) mass is 333 g/mol. The molecule has 0 spiro atoms. The molecular formula is C14H17ClFNO3S. The first-order chi connectivity index (χ1) is 9.93. The van der Waals surface area contributed by atoms with Crippen LogP contribution in [0.2, 0.25) is 5.02 Å². The lowest BCUT2D eigenvalue weighted by atomic mass is 10.2. The van der Waals surface area contributed by atoms with E-state index in [9.17, 15) is 12.8 Å². The molecule has 2 fully saturated rings. The fourth-order valence-electron chi connectivity index (χ4n) is 2.41. The highest BCUT2D eigenvalue weighted by Gasteiger charge is 2.42. The fourth-order valence-corrected chi connectivity index (χ4v) is 4.61. The number of hydrogen-bond donors (Lipinski definition) is 1. The molecule has 1 aromatic carbocycles. The number of benzene rings is 1. The lowest BCUT2D eigenvalue weighted by Gasteiger charge is -2.22. The number of hydrogen-bond acceptors (Lipinski definition) is 3. The molecule has 1 aromatic rings. The molecule has 2 saturated carbocycles. The Labute approximate surface area is 128 Å². The van der Waals surface area contributed by atoms with Gasteiger partial charge in [0.05, 0.1) is 6.61 Å². The lowest BCUT2D eigenvalue weighted by Crippen LogP contribution is -2.35. The Bertz CT molecular complexity index is 656. The van der Waals surface area contributed by atoms with Crippen molar-refractivity contribution in [2.24, 2.45) is 5.92 Å². The predicted octanol–water partition coefficient (Wildman–Crippen LogP) is 2.53. The van der Waals surface area contributed by atoms with Gasteiger partial charge in [-0.2, -0.15) is 4.31 Å². The molecular weight excluding hydrogens is 317 g/mol. The van der Waals surface area contributed by atoms with Crippen LogP contribution in [0.25, 0.3) is 0 Å². The van der Waals surface area contributed by atoms with Gasteiger partial charge in [0.2, 0.25) is 10.0 Å². The van der Waals surface area contributed by atoms with Crippen LogP contribution in [0.5, 0.6) is 0 Å². The Morgan fingerprint density at radius 2 is 1.95 bits per heavy atom. The van der Waals surface area contributed by atoms with Gasteiger partial charge in [0.1, 0.15) is 10.7 Å². The first-order valence-corrected chi connectivity index (χ1v) is 8.86. The van der Waals surface area contributed by atoms with E-state index in [2.05, 4.69) is 0 Å². The zero-order valence-electron chi connectivity index (χ0n) is 11.4. The minimum Gasteiger partial charge on any atom is -0.392 e. The Hall–Kier alpha value is -0.690. The average Bonchev–Trinajstić information content (AvgIpc) is 3.30. The molecule has 3 rings (SSSR count). The van der Waals surface area contributed by atoms with Crippen LogP contribution in [0.3, 0.4) is 0 Å². The quantitative estimate of drug-likeness (QED) is 0.870. The summed E-state index contributed by atoms with van der Waals surface area (Å²) in [6.45, 7) is -0.131. The molecule has 21 heavy (non-hydrogen) atoms. The fraction of sp³-hybridized carbons (Fsp3) is 0.571. The van der Waals surface area contributed by atoms with E-state index >= 15 is 0 Å². The van der Waals surface area contributed by atoms with Crippen LogP contribution in [0.1, 0.15) is 31.2 Å². The summed E-state index contributed by atoms with van der Waals surface area (Å²) in [5.41, 5.74) is -0.0942. The third-order valence-electron chi connectivity index (χ3n) is 3.93. The van der Waals surface area contributed by atoms with Crippen LogP contribution in [-0.4, -0.2) is 30.4 Å². The second-order valence-electron chi connectivity index (χ2n) is 5.78. The molecule has 4 nitrogen and oxygen atoms in total. The maximum Gasteiger partial charge on any atom is 0.246 e. The maximum absolute atomic E-state index is 14.3. The standard InChI is InChI=1S/C14H17ClFNO3S/c15-11-5-10(8-18)14(16)13(6-11)21(19,20)17(12-3-4-12)7-9-1-2-9/h5-6,9,12,18H,1-4,7-8H2. The van der Waals surface area contributed by atoms with Crippen LogP contribution in [-0.2, 0) is 16.6 Å². The van der Waals surface area contributed by atoms with Gasteiger partial charge in [-0.05, 0) is 43.7 Å². The van der Waals surface area contributed by atoms with Crippen LogP contribution < -0.4 is 0 Å². The smallest absolute Gasteiger partial charge is 0.246 e. The van der Waals surface area contributed by atoms with Crippen molar-refractivity contribution in [2.75, 3.05) is 6.54 Å². The van der Waals surface area contributed by atoms with E-state index in [1.54, 1.807) is 0 Å². The Morgan fingerprint density at radius 1 is 1.29 bits per heavy atom. The van der Waals surface area contributed by atoms with Crippen LogP contribution in [0, 0.1) is 11.7 Å². The van der Waals surface area contributed by atoms with E-state index in [-0.39, 0.29) is 16.6 Å². The highest BCUT2D eigenvalue weighted by atomic mass is 35.5. The third-order valence-corrected chi connectivity index (χ3v) is 6.06. The molecule has 0 aromatic heterocycles. The summed E-state index contributed by atoms with van der Waals surface area (Å²) < 4.78 is 41.3. The van der Waals surface area contributed by atoms with E-state index in [1.165, 1.54) is 10.4 Å². The van der Waals surface area contributed by atoms with Gasteiger partial charge in [0.25, 0.3) is 0 Å². The lowest BCUT2D eigenvalue weighted by molar-refractivity contribution is 0.274. The van der Waals surface area contributed by atoms with Gasteiger partial charge in [-0.15, -0.1) is 0 Å². The summed E-state index contributed by atoms with van der Waals surface area (Å²) >= 11 is 5.86. The van der Waals surface area contributed by atoms with E-state index in [1.807, 2.05) is 0 Å². The van der Waals surface area contributed by atoms with Crippen molar-refractivity contribution in [1.29, 1.82) is 0 Å². The molecule has 0 saturated heterocycles. The molecule has 0 heterocycles. The van der Waals surface area contributed by atoms with Crippen LogP contribution in [0.4, 0.5) is 4.39 Å². The van der Waals surface area contributed by atoms with Gasteiger partial charge in [-0.3, -0.25) is 0 Å². The molecule has 7 heteroatoms. The average molecular weight is 334 g/mol. The summed E-state index contributed by atoms with van der Waals surface area (Å²) in [4.78, 5) is -0.424. The molecule has 2 aliphatic carbocycles. The minimum absolute atomic E-state index is 0.0217. The van der Waals surface area contributed by atoms with Gasteiger partial charge < -0.3 is 5.11 Å². The number of halogens is 2. The SMILES string of the molecule is O=S(=O)(c1cc(Cl)cc(CO)c1F)N(CC1CC1)C1CC1. The number of aliphatic hydroxyl groups excluding tert-OH is 1. The molecule has 116 valence electrons. The Morgan fingerprint density at radius 3 is 2.48 bits per heavy atom. The van der Waals surface area contributed by atoms with Crippen molar-refractivity contribution in [2.45, 2.75) is 43.2 Å². The van der Waals surface area contributed by atoms with E-state index in [4.69, 9.17) is 16.7 Å². The number of sulfonamides is 1. The van der Waals surface area contributed by atoms with E-state index in [0.29, 0.717) is 12.5 Å². The van der Waals surface area contributed by atoms with Crippen molar-refractivity contribution in [1.82, 2.24) is 4.31 Å². The van der Waals surface area contributed by atoms with Crippen molar-refractivity contribution < 1.29 is 17.9 Å². The number of nitrogens with zero attached hydrogens (tertiary/aromatic N) is 1. The Balaban J connectivity index is 2.01. The molecule has 1 N–H and O–H groups in total. The summed E-state index contributed by atoms with van der Waals surface area (Å²) in [5, 5.41) is 9.25. The first kappa shape index (κ1) is 15.2. The zero-order valence-corrected chi connectivity index (χ0v) is 13.0. The summed E-state index contributed by atoms with van der Waals surface area (Å²) in [5.74, 6) is -0.511. The predicted molar refractivity (Wildman–Crippen MR) is 77.0 cm³/mol. The Kier molecular flexibility index (Phi) is 3.98. The van der Waals surface area contributed by atoms with Gasteiger partial charge in [0, 0.05) is 23.2 Å². The van der Waals surface area contributed by atoms with E-state index in [0.717, 1.165) is 31.7 Å². The topological polar surface area (TPSA) is 57.6 Å². The van der Waals surface area contributed by atoms with Gasteiger partial charge in [-0.25, -0.2) is 12.8 Å². The molecule has 0 radical (unpaired) electrons. The maximum atomic E-state index is 14.3. The van der Waals surface area contributed by atoms with E-state index < -0.39 is 27.3 Å². The summed E-state index contributed by atoms with van der Waals surface area (Å²) in [6.07, 6.45) is 3.69. The van der Waals surface area contributed by atoms with Gasteiger partial charge >= 0.3 is 0 Å². The number of rotatable bonds is 6. The minimum atomic E-state index is -3.92. The van der Waals surface area contributed by atoms with Crippen LogP contribution in [0.15, 0.2) is 17.0 Å². The molecule has 0 aliphatic heterocycles. The largest absolute Gasteiger partial charge is 0.392 e. The first-order valence-electron chi connectivity index (χ1n) is 7.04. The van der Waals surface area contributed by atoms with Gasteiger partial charge in [-0.1, -0.05) is 11.6 Å².